The van der Waals surface area contributed by atoms with Crippen LogP contribution >= 0.6 is 0 Å². The zero-order chi connectivity index (χ0) is 18.7. The van der Waals surface area contributed by atoms with Gasteiger partial charge in [-0.15, -0.1) is 0 Å². The van der Waals surface area contributed by atoms with Crippen molar-refractivity contribution in [2.75, 3.05) is 0 Å². The van der Waals surface area contributed by atoms with E-state index in [1.54, 1.807) is 24.3 Å². The standard InChI is InChI=1S/C21H22N2O3/c1-14-3-6-18(15(2)11-14)12-22-21(26)17-7-4-16(5-8-17)13-23-19(24)9-10-20(23)25/h3-8,11H,9-10,12-13H2,1-2H3,(H,22,26). The van der Waals surface area contributed by atoms with Crippen LogP contribution in [0.1, 0.15) is 45.5 Å². The fourth-order valence-corrected chi connectivity index (χ4v) is 3.07. The Hall–Kier alpha value is -2.95. The number of nitrogens with zero attached hydrogens (tertiary/aromatic N) is 1. The molecule has 2 aromatic rings. The van der Waals surface area contributed by atoms with Crippen molar-refractivity contribution in [3.8, 4) is 0 Å². The largest absolute Gasteiger partial charge is 0.348 e. The minimum Gasteiger partial charge on any atom is -0.348 e. The number of aryl methyl sites for hydroxylation is 2. The Morgan fingerprint density at radius 3 is 2.27 bits per heavy atom. The summed E-state index contributed by atoms with van der Waals surface area (Å²) in [5.74, 6) is -0.416. The summed E-state index contributed by atoms with van der Waals surface area (Å²) < 4.78 is 0. The van der Waals surface area contributed by atoms with Gasteiger partial charge in [0.15, 0.2) is 0 Å². The van der Waals surface area contributed by atoms with Gasteiger partial charge in [0.05, 0.1) is 6.54 Å². The van der Waals surface area contributed by atoms with Gasteiger partial charge in [-0.2, -0.15) is 0 Å². The Balaban J connectivity index is 1.60. The number of nitrogens with one attached hydrogen (secondary N) is 1. The van der Waals surface area contributed by atoms with Crippen LogP contribution in [0.15, 0.2) is 42.5 Å². The first kappa shape index (κ1) is 17.9. The molecule has 1 saturated heterocycles. The number of hydrogen-bond acceptors (Lipinski definition) is 3. The normalized spacial score (nSPS) is 14.0. The molecule has 0 bridgehead atoms. The van der Waals surface area contributed by atoms with Crippen molar-refractivity contribution in [2.45, 2.75) is 39.8 Å². The zero-order valence-electron chi connectivity index (χ0n) is 15.0. The first-order valence-corrected chi connectivity index (χ1v) is 8.70. The number of carbonyl (C=O) groups excluding carboxylic acids is 3. The molecular formula is C21H22N2O3. The highest BCUT2D eigenvalue weighted by atomic mass is 16.2. The van der Waals surface area contributed by atoms with E-state index in [0.717, 1.165) is 16.7 Å². The Morgan fingerprint density at radius 1 is 1.00 bits per heavy atom. The minimum atomic E-state index is -0.148. The van der Waals surface area contributed by atoms with E-state index in [1.807, 2.05) is 26.0 Å². The van der Waals surface area contributed by atoms with Crippen molar-refractivity contribution in [3.63, 3.8) is 0 Å². The van der Waals surface area contributed by atoms with Crippen LogP contribution in [-0.2, 0) is 22.7 Å². The lowest BCUT2D eigenvalue weighted by Crippen LogP contribution is -2.28. The highest BCUT2D eigenvalue weighted by Gasteiger charge is 2.28. The van der Waals surface area contributed by atoms with Gasteiger partial charge in [0.2, 0.25) is 11.8 Å². The number of rotatable bonds is 5. The van der Waals surface area contributed by atoms with Gasteiger partial charge in [-0.1, -0.05) is 35.9 Å². The van der Waals surface area contributed by atoms with Crippen LogP contribution in [0.25, 0.3) is 0 Å². The molecule has 1 aliphatic heterocycles. The van der Waals surface area contributed by atoms with Gasteiger partial charge >= 0.3 is 0 Å². The van der Waals surface area contributed by atoms with Crippen LogP contribution in [0.5, 0.6) is 0 Å². The van der Waals surface area contributed by atoms with Gasteiger partial charge in [-0.05, 0) is 42.7 Å². The summed E-state index contributed by atoms with van der Waals surface area (Å²) >= 11 is 0. The third kappa shape index (κ3) is 3.99. The molecule has 3 amide bonds. The summed E-state index contributed by atoms with van der Waals surface area (Å²) in [6, 6.07) is 13.2. The second-order valence-electron chi connectivity index (χ2n) is 6.68. The molecule has 0 unspecified atom stereocenters. The monoisotopic (exact) mass is 350 g/mol. The van der Waals surface area contributed by atoms with E-state index >= 15 is 0 Å². The molecule has 0 radical (unpaired) electrons. The first-order chi connectivity index (χ1) is 12.4. The van der Waals surface area contributed by atoms with Crippen molar-refractivity contribution in [3.05, 3.63) is 70.3 Å². The van der Waals surface area contributed by atoms with Gasteiger partial charge in [0, 0.05) is 24.9 Å². The van der Waals surface area contributed by atoms with Crippen molar-refractivity contribution < 1.29 is 14.4 Å². The molecule has 1 fully saturated rings. The van der Waals surface area contributed by atoms with Crippen molar-refractivity contribution in [2.24, 2.45) is 0 Å². The molecule has 134 valence electrons. The summed E-state index contributed by atoms with van der Waals surface area (Å²) in [6.07, 6.45) is 0.579. The molecule has 5 heteroatoms. The lowest BCUT2D eigenvalue weighted by atomic mass is 10.1. The van der Waals surface area contributed by atoms with Crippen LogP contribution in [0.2, 0.25) is 0 Å². The Labute approximate surface area is 153 Å². The van der Waals surface area contributed by atoms with E-state index in [-0.39, 0.29) is 37.1 Å². The lowest BCUT2D eigenvalue weighted by Gasteiger charge is -2.14. The van der Waals surface area contributed by atoms with Crippen LogP contribution < -0.4 is 5.32 Å². The topological polar surface area (TPSA) is 66.5 Å². The first-order valence-electron chi connectivity index (χ1n) is 8.70. The zero-order valence-corrected chi connectivity index (χ0v) is 15.0. The smallest absolute Gasteiger partial charge is 0.251 e. The maximum atomic E-state index is 12.3. The Kier molecular flexibility index (Phi) is 5.16. The van der Waals surface area contributed by atoms with E-state index < -0.39 is 0 Å². The molecule has 0 saturated carbocycles. The molecule has 5 nitrogen and oxygen atoms in total. The second-order valence-corrected chi connectivity index (χ2v) is 6.68. The quantitative estimate of drug-likeness (QED) is 0.843. The van der Waals surface area contributed by atoms with Gasteiger partial charge in [0.1, 0.15) is 0 Å². The fraction of sp³-hybridized carbons (Fsp3) is 0.286. The number of hydrogen-bond donors (Lipinski definition) is 1. The van der Waals surface area contributed by atoms with E-state index in [4.69, 9.17) is 0 Å². The SMILES string of the molecule is Cc1ccc(CNC(=O)c2ccc(CN3C(=O)CCC3=O)cc2)c(C)c1. The molecule has 2 aromatic carbocycles. The maximum absolute atomic E-state index is 12.3. The Morgan fingerprint density at radius 2 is 1.65 bits per heavy atom. The van der Waals surface area contributed by atoms with Crippen molar-refractivity contribution in [1.82, 2.24) is 10.2 Å². The number of imide groups is 1. The van der Waals surface area contributed by atoms with Crippen LogP contribution in [-0.4, -0.2) is 22.6 Å². The summed E-state index contributed by atoms with van der Waals surface area (Å²) in [5.41, 5.74) is 4.83. The maximum Gasteiger partial charge on any atom is 0.251 e. The molecule has 1 N–H and O–H groups in total. The second kappa shape index (κ2) is 7.52. The van der Waals surface area contributed by atoms with Gasteiger partial charge in [-0.25, -0.2) is 0 Å². The van der Waals surface area contributed by atoms with Gasteiger partial charge in [-0.3, -0.25) is 19.3 Å². The van der Waals surface area contributed by atoms with E-state index in [9.17, 15) is 14.4 Å². The number of benzene rings is 2. The Bertz CT molecular complexity index is 840. The lowest BCUT2D eigenvalue weighted by molar-refractivity contribution is -0.139. The predicted molar refractivity (Wildman–Crippen MR) is 98.3 cm³/mol. The summed E-state index contributed by atoms with van der Waals surface area (Å²) in [6.45, 7) is 4.82. The number of carbonyl (C=O) groups is 3. The molecule has 26 heavy (non-hydrogen) atoms. The van der Waals surface area contributed by atoms with Crippen LogP contribution in [0.4, 0.5) is 0 Å². The molecule has 0 aliphatic carbocycles. The third-order valence-electron chi connectivity index (χ3n) is 4.65. The molecular weight excluding hydrogens is 328 g/mol. The van der Waals surface area contributed by atoms with Crippen LogP contribution in [0, 0.1) is 13.8 Å². The van der Waals surface area contributed by atoms with Crippen LogP contribution in [0.3, 0.4) is 0 Å². The molecule has 0 atom stereocenters. The van der Waals surface area contributed by atoms with E-state index in [1.165, 1.54) is 10.5 Å². The average molecular weight is 350 g/mol. The summed E-state index contributed by atoms with van der Waals surface area (Å²) in [5, 5.41) is 2.92. The van der Waals surface area contributed by atoms with Crippen molar-refractivity contribution in [1.29, 1.82) is 0 Å². The van der Waals surface area contributed by atoms with Gasteiger partial charge < -0.3 is 5.32 Å². The summed E-state index contributed by atoms with van der Waals surface area (Å²) in [4.78, 5) is 36.9. The number of amides is 3. The van der Waals surface area contributed by atoms with Gasteiger partial charge in [0.25, 0.3) is 5.91 Å². The van der Waals surface area contributed by atoms with E-state index in [2.05, 4.69) is 11.4 Å². The number of likely N-dealkylation sites (tertiary alicyclic amines) is 1. The molecule has 0 aromatic heterocycles. The molecule has 0 spiro atoms. The molecule has 1 aliphatic rings. The minimum absolute atomic E-state index is 0.134. The average Bonchev–Trinajstić information content (AvgIpc) is 2.93. The summed E-state index contributed by atoms with van der Waals surface area (Å²) in [7, 11) is 0. The highest BCUT2D eigenvalue weighted by molar-refractivity contribution is 6.01. The highest BCUT2D eigenvalue weighted by Crippen LogP contribution is 2.16. The van der Waals surface area contributed by atoms with E-state index in [0.29, 0.717) is 12.1 Å². The third-order valence-corrected chi connectivity index (χ3v) is 4.65. The molecule has 3 rings (SSSR count). The predicted octanol–water partition coefficient (Wildman–Crippen LogP) is 2.88. The molecule has 1 heterocycles. The fourth-order valence-electron chi connectivity index (χ4n) is 3.07. The van der Waals surface area contributed by atoms with Crippen molar-refractivity contribution >= 4 is 17.7 Å².